The molecule has 0 saturated carbocycles. The molecule has 0 saturated heterocycles. The number of hydrogen-bond acceptors (Lipinski definition) is 4. The molecule has 0 aliphatic carbocycles. The summed E-state index contributed by atoms with van der Waals surface area (Å²) in [5, 5.41) is 2.67. The monoisotopic (exact) mass is 258 g/mol. The zero-order chi connectivity index (χ0) is 13.8. The molecule has 106 valence electrons. The molecular weight excluding hydrogens is 232 g/mol. The predicted octanol–water partition coefficient (Wildman–Crippen LogP) is -0.395. The lowest BCUT2D eigenvalue weighted by Gasteiger charge is -2.15. The van der Waals surface area contributed by atoms with Crippen molar-refractivity contribution in [3.8, 4) is 0 Å². The van der Waals surface area contributed by atoms with Gasteiger partial charge in [-0.25, -0.2) is 0 Å². The van der Waals surface area contributed by atoms with Crippen LogP contribution in [-0.2, 0) is 9.59 Å². The molecule has 0 aromatic rings. The Hall–Kier alpha value is -1.14. The molecule has 0 bridgehead atoms. The molecule has 6 heteroatoms. The quantitative estimate of drug-likeness (QED) is 0.376. The summed E-state index contributed by atoms with van der Waals surface area (Å²) < 4.78 is 0. The standard InChI is InChI=1S/C12H26N4O2/c13-8-4-1-2-7-11(17)16-10(12(15)18)6-3-5-9-14/h10H,1-9,13-14H2,(H2,15,18)(H,16,17)/t10-/m0/s1. The van der Waals surface area contributed by atoms with Gasteiger partial charge >= 0.3 is 0 Å². The Morgan fingerprint density at radius 3 is 2.11 bits per heavy atom. The maximum atomic E-state index is 11.6. The highest BCUT2D eigenvalue weighted by molar-refractivity contribution is 5.86. The van der Waals surface area contributed by atoms with E-state index in [4.69, 9.17) is 17.2 Å². The van der Waals surface area contributed by atoms with Gasteiger partial charge in [0.1, 0.15) is 6.04 Å². The molecule has 0 unspecified atom stereocenters. The lowest BCUT2D eigenvalue weighted by Crippen LogP contribution is -2.44. The average molecular weight is 258 g/mol. The van der Waals surface area contributed by atoms with Crippen LogP contribution in [0.3, 0.4) is 0 Å². The third-order valence-corrected chi connectivity index (χ3v) is 2.73. The van der Waals surface area contributed by atoms with Crippen molar-refractivity contribution >= 4 is 11.8 Å². The Morgan fingerprint density at radius 2 is 1.56 bits per heavy atom. The van der Waals surface area contributed by atoms with Crippen LogP contribution in [0.2, 0.25) is 0 Å². The SMILES string of the molecule is NCCCCCC(=O)N[C@@H](CCCCN)C(N)=O. The predicted molar refractivity (Wildman–Crippen MR) is 71.6 cm³/mol. The van der Waals surface area contributed by atoms with E-state index in [2.05, 4.69) is 5.32 Å². The number of nitrogens with two attached hydrogens (primary N) is 3. The zero-order valence-corrected chi connectivity index (χ0v) is 11.0. The number of carbonyl (C=O) groups excluding carboxylic acids is 2. The molecule has 0 heterocycles. The van der Waals surface area contributed by atoms with Gasteiger partial charge in [0.15, 0.2) is 0 Å². The lowest BCUT2D eigenvalue weighted by atomic mass is 10.1. The molecule has 0 aromatic carbocycles. The smallest absolute Gasteiger partial charge is 0.239 e. The number of amides is 2. The fourth-order valence-electron chi connectivity index (χ4n) is 1.65. The molecule has 6 nitrogen and oxygen atoms in total. The highest BCUT2D eigenvalue weighted by Crippen LogP contribution is 2.03. The van der Waals surface area contributed by atoms with Gasteiger partial charge in [0.2, 0.25) is 11.8 Å². The fourth-order valence-corrected chi connectivity index (χ4v) is 1.65. The Kier molecular flexibility index (Phi) is 10.3. The van der Waals surface area contributed by atoms with Crippen molar-refractivity contribution in [1.82, 2.24) is 5.32 Å². The number of nitrogens with one attached hydrogen (secondary N) is 1. The van der Waals surface area contributed by atoms with Crippen molar-refractivity contribution in [3.63, 3.8) is 0 Å². The second-order valence-electron chi connectivity index (χ2n) is 4.41. The number of primary amides is 1. The summed E-state index contributed by atoms with van der Waals surface area (Å²) in [5.41, 5.74) is 16.0. The molecule has 1 atom stereocenters. The number of hydrogen-bond donors (Lipinski definition) is 4. The lowest BCUT2D eigenvalue weighted by molar-refractivity contribution is -0.127. The second-order valence-corrected chi connectivity index (χ2v) is 4.41. The summed E-state index contributed by atoms with van der Waals surface area (Å²) in [6.07, 6.45) is 5.23. The maximum Gasteiger partial charge on any atom is 0.239 e. The number of rotatable bonds is 11. The van der Waals surface area contributed by atoms with Gasteiger partial charge in [0.25, 0.3) is 0 Å². The van der Waals surface area contributed by atoms with Gasteiger partial charge in [-0.15, -0.1) is 0 Å². The fraction of sp³-hybridized carbons (Fsp3) is 0.833. The van der Waals surface area contributed by atoms with E-state index in [9.17, 15) is 9.59 Å². The topological polar surface area (TPSA) is 124 Å². The third-order valence-electron chi connectivity index (χ3n) is 2.73. The molecule has 18 heavy (non-hydrogen) atoms. The summed E-state index contributed by atoms with van der Waals surface area (Å²) in [7, 11) is 0. The molecule has 0 rings (SSSR count). The van der Waals surface area contributed by atoms with Crippen LogP contribution in [0.25, 0.3) is 0 Å². The van der Waals surface area contributed by atoms with Crippen molar-refractivity contribution in [1.29, 1.82) is 0 Å². The minimum absolute atomic E-state index is 0.122. The van der Waals surface area contributed by atoms with Gasteiger partial charge < -0.3 is 22.5 Å². The first kappa shape index (κ1) is 16.9. The van der Waals surface area contributed by atoms with Crippen LogP contribution in [0.5, 0.6) is 0 Å². The van der Waals surface area contributed by atoms with Gasteiger partial charge in [-0.2, -0.15) is 0 Å². The molecular formula is C12H26N4O2. The molecule has 0 aliphatic rings. The Morgan fingerprint density at radius 1 is 0.944 bits per heavy atom. The van der Waals surface area contributed by atoms with Crippen LogP contribution in [-0.4, -0.2) is 30.9 Å². The van der Waals surface area contributed by atoms with Crippen molar-refractivity contribution in [2.75, 3.05) is 13.1 Å². The van der Waals surface area contributed by atoms with Gasteiger partial charge in [0, 0.05) is 6.42 Å². The van der Waals surface area contributed by atoms with Crippen molar-refractivity contribution in [2.45, 2.75) is 51.0 Å². The van der Waals surface area contributed by atoms with Gasteiger partial charge in [0.05, 0.1) is 0 Å². The van der Waals surface area contributed by atoms with E-state index in [1.807, 2.05) is 0 Å². The number of carbonyl (C=O) groups is 2. The van der Waals surface area contributed by atoms with E-state index in [0.717, 1.165) is 32.1 Å². The van der Waals surface area contributed by atoms with Crippen LogP contribution < -0.4 is 22.5 Å². The Labute approximate surface area is 109 Å². The summed E-state index contributed by atoms with van der Waals surface area (Å²) in [5.74, 6) is -0.606. The van der Waals surface area contributed by atoms with Gasteiger partial charge in [-0.3, -0.25) is 9.59 Å². The summed E-state index contributed by atoms with van der Waals surface area (Å²) >= 11 is 0. The van der Waals surface area contributed by atoms with E-state index < -0.39 is 11.9 Å². The highest BCUT2D eigenvalue weighted by Gasteiger charge is 2.16. The summed E-state index contributed by atoms with van der Waals surface area (Å²) in [6.45, 7) is 1.23. The maximum absolute atomic E-state index is 11.6. The van der Waals surface area contributed by atoms with E-state index in [1.165, 1.54) is 0 Å². The summed E-state index contributed by atoms with van der Waals surface area (Å²) in [6, 6.07) is -0.571. The number of unbranched alkanes of at least 4 members (excludes halogenated alkanes) is 3. The van der Waals surface area contributed by atoms with E-state index in [-0.39, 0.29) is 5.91 Å². The normalized spacial score (nSPS) is 12.1. The van der Waals surface area contributed by atoms with Crippen molar-refractivity contribution in [2.24, 2.45) is 17.2 Å². The van der Waals surface area contributed by atoms with E-state index in [1.54, 1.807) is 0 Å². The minimum Gasteiger partial charge on any atom is -0.368 e. The third kappa shape index (κ3) is 8.95. The molecule has 2 amide bonds. The Balaban J connectivity index is 3.85. The van der Waals surface area contributed by atoms with Crippen molar-refractivity contribution < 1.29 is 9.59 Å². The van der Waals surface area contributed by atoms with Gasteiger partial charge in [-0.1, -0.05) is 6.42 Å². The molecule has 7 N–H and O–H groups in total. The second kappa shape index (κ2) is 11.0. The molecule has 0 aliphatic heterocycles. The molecule has 0 spiro atoms. The average Bonchev–Trinajstić information content (AvgIpc) is 2.33. The first-order valence-electron chi connectivity index (χ1n) is 6.60. The first-order chi connectivity index (χ1) is 8.61. The van der Waals surface area contributed by atoms with Crippen LogP contribution in [0.15, 0.2) is 0 Å². The van der Waals surface area contributed by atoms with Crippen LogP contribution in [0.4, 0.5) is 0 Å². The molecule has 0 aromatic heterocycles. The minimum atomic E-state index is -0.571. The van der Waals surface area contributed by atoms with Gasteiger partial charge in [-0.05, 0) is 45.2 Å². The molecule has 0 fully saturated rings. The van der Waals surface area contributed by atoms with Crippen molar-refractivity contribution in [3.05, 3.63) is 0 Å². The zero-order valence-electron chi connectivity index (χ0n) is 11.0. The largest absolute Gasteiger partial charge is 0.368 e. The van der Waals surface area contributed by atoms with E-state index in [0.29, 0.717) is 25.9 Å². The first-order valence-corrected chi connectivity index (χ1v) is 6.60. The van der Waals surface area contributed by atoms with Crippen LogP contribution >= 0.6 is 0 Å². The summed E-state index contributed by atoms with van der Waals surface area (Å²) in [4.78, 5) is 22.7. The van der Waals surface area contributed by atoms with E-state index >= 15 is 0 Å². The van der Waals surface area contributed by atoms with Crippen LogP contribution in [0.1, 0.15) is 44.9 Å². The van der Waals surface area contributed by atoms with Crippen LogP contribution in [0, 0.1) is 0 Å². The Bertz CT molecular complexity index is 246. The highest BCUT2D eigenvalue weighted by atomic mass is 16.2. The molecule has 0 radical (unpaired) electrons.